The number of aliphatic hydroxyl groups excluding tert-OH is 2. The maximum atomic E-state index is 13.9. The van der Waals surface area contributed by atoms with E-state index >= 15 is 0 Å². The van der Waals surface area contributed by atoms with Gasteiger partial charge in [0, 0.05) is 35.6 Å². The van der Waals surface area contributed by atoms with Crippen LogP contribution in [0.15, 0.2) is 23.0 Å². The first-order chi connectivity index (χ1) is 18.9. The number of benzene rings is 1. The number of hydrogen-bond donors (Lipinski definition) is 5. The van der Waals surface area contributed by atoms with Crippen LogP contribution in [0.5, 0.6) is 5.75 Å². The summed E-state index contributed by atoms with van der Waals surface area (Å²) in [4.78, 5) is 43.1. The minimum Gasteiger partial charge on any atom is -0.508 e. The Bertz CT molecular complexity index is 1410. The van der Waals surface area contributed by atoms with Gasteiger partial charge in [0.15, 0.2) is 11.4 Å². The van der Waals surface area contributed by atoms with Crippen molar-refractivity contribution in [1.29, 1.82) is 0 Å². The molecule has 0 aliphatic heterocycles. The van der Waals surface area contributed by atoms with Gasteiger partial charge in [-0.15, -0.1) is 0 Å². The van der Waals surface area contributed by atoms with Crippen molar-refractivity contribution in [2.45, 2.75) is 62.8 Å². The zero-order valence-corrected chi connectivity index (χ0v) is 23.2. The van der Waals surface area contributed by atoms with Crippen molar-refractivity contribution in [3.8, 4) is 5.75 Å². The molecule has 3 saturated carbocycles. The monoisotopic (exact) mass is 571 g/mol. The Balaban J connectivity index is 1.44. The second-order valence-corrected chi connectivity index (χ2v) is 12.7. The van der Waals surface area contributed by atoms with Crippen molar-refractivity contribution in [3.05, 3.63) is 44.7 Å². The first-order valence-corrected chi connectivity index (χ1v) is 14.2. The molecule has 10 nitrogen and oxygen atoms in total. The van der Waals surface area contributed by atoms with Crippen LogP contribution in [0.25, 0.3) is 5.76 Å². The average Bonchev–Trinajstić information content (AvgIpc) is 3.78. The number of phenols is 1. The number of halogens is 1. The number of aromatic hydroxyl groups is 1. The number of rotatable bonds is 7. The van der Waals surface area contributed by atoms with E-state index in [1.54, 1.807) is 14.1 Å². The molecule has 0 saturated heterocycles. The Hall–Kier alpha value is -2.92. The lowest BCUT2D eigenvalue weighted by Gasteiger charge is -2.50. The molecule has 5 aliphatic rings. The summed E-state index contributed by atoms with van der Waals surface area (Å²) < 4.78 is 0. The van der Waals surface area contributed by atoms with Crippen molar-refractivity contribution >= 4 is 34.8 Å². The zero-order chi connectivity index (χ0) is 28.8. The molecule has 5 aliphatic carbocycles. The fourth-order valence-electron chi connectivity index (χ4n) is 7.10. The van der Waals surface area contributed by atoms with Crippen LogP contribution in [-0.2, 0) is 27.3 Å². The second kappa shape index (κ2) is 9.30. The number of Topliss-reactive ketones (excluding diaryl/α,β-unsaturated/α-hetero) is 2. The maximum Gasteiger partial charge on any atom is 0.255 e. The van der Waals surface area contributed by atoms with E-state index in [0.717, 1.165) is 24.9 Å². The van der Waals surface area contributed by atoms with Gasteiger partial charge in [0.1, 0.15) is 22.8 Å². The van der Waals surface area contributed by atoms with Crippen molar-refractivity contribution in [2.75, 3.05) is 20.6 Å². The Labute approximate surface area is 236 Å². The molecule has 40 heavy (non-hydrogen) atoms. The summed E-state index contributed by atoms with van der Waals surface area (Å²) in [6.45, 7) is 1.55. The highest BCUT2D eigenvalue weighted by molar-refractivity contribution is 6.32. The number of fused-ring (bicyclic) bond motifs is 3. The van der Waals surface area contributed by atoms with E-state index in [2.05, 4.69) is 4.90 Å². The zero-order valence-electron chi connectivity index (χ0n) is 22.5. The van der Waals surface area contributed by atoms with Crippen molar-refractivity contribution in [1.82, 2.24) is 9.80 Å². The summed E-state index contributed by atoms with van der Waals surface area (Å²) in [5.41, 5.74) is 2.96. The van der Waals surface area contributed by atoms with Gasteiger partial charge < -0.3 is 26.2 Å². The number of phenolic OH excluding ortho intramolecular Hbond substituents is 1. The summed E-state index contributed by atoms with van der Waals surface area (Å²) >= 11 is 6.93. The number of ketones is 2. The third kappa shape index (κ3) is 3.99. The second-order valence-electron chi connectivity index (χ2n) is 12.3. The van der Waals surface area contributed by atoms with Gasteiger partial charge >= 0.3 is 0 Å². The predicted octanol–water partition coefficient (Wildman–Crippen LogP) is 1.99. The number of nitrogens with two attached hydrogens (primary N) is 1. The van der Waals surface area contributed by atoms with E-state index in [0.29, 0.717) is 29.1 Å². The molecule has 6 rings (SSSR count). The van der Waals surface area contributed by atoms with Crippen molar-refractivity contribution in [2.24, 2.45) is 23.5 Å². The quantitative estimate of drug-likeness (QED) is 0.308. The number of amides is 1. The van der Waals surface area contributed by atoms with Crippen LogP contribution in [0, 0.1) is 17.8 Å². The Kier molecular flexibility index (Phi) is 6.34. The van der Waals surface area contributed by atoms with Crippen LogP contribution < -0.4 is 5.73 Å². The third-order valence-corrected chi connectivity index (χ3v) is 9.83. The Morgan fingerprint density at radius 2 is 1.82 bits per heavy atom. The summed E-state index contributed by atoms with van der Waals surface area (Å²) in [5, 5.41) is 45.5. The number of hydrogen-bond acceptors (Lipinski definition) is 9. The van der Waals surface area contributed by atoms with Gasteiger partial charge in [-0.3, -0.25) is 24.2 Å². The minimum atomic E-state index is -2.66. The van der Waals surface area contributed by atoms with Crippen LogP contribution >= 0.6 is 11.6 Å². The lowest BCUT2D eigenvalue weighted by Crippen LogP contribution is -2.65. The van der Waals surface area contributed by atoms with Crippen LogP contribution in [0.2, 0.25) is 5.02 Å². The number of primary amides is 1. The summed E-state index contributed by atoms with van der Waals surface area (Å²) in [6.07, 6.45) is 4.92. The molecule has 0 spiro atoms. The highest BCUT2D eigenvalue weighted by Crippen LogP contribution is 2.54. The van der Waals surface area contributed by atoms with Gasteiger partial charge in [0.25, 0.3) is 5.91 Å². The number of carbonyl (C=O) groups is 3. The average molecular weight is 572 g/mol. The molecule has 1 amide bonds. The molecule has 1 aromatic carbocycles. The fourth-order valence-corrected chi connectivity index (χ4v) is 7.38. The summed E-state index contributed by atoms with van der Waals surface area (Å²) in [5.74, 6) is -6.01. The van der Waals surface area contributed by atoms with Crippen LogP contribution in [0.3, 0.4) is 0 Å². The molecule has 0 heterocycles. The highest BCUT2D eigenvalue weighted by atomic mass is 35.5. The van der Waals surface area contributed by atoms with E-state index in [-0.39, 0.29) is 29.7 Å². The van der Waals surface area contributed by atoms with Gasteiger partial charge in [-0.25, -0.2) is 0 Å². The van der Waals surface area contributed by atoms with E-state index in [9.17, 15) is 34.8 Å². The molecule has 3 fully saturated rings. The molecular formula is C29H34ClN3O7. The highest BCUT2D eigenvalue weighted by Gasteiger charge is 2.64. The molecular weight excluding hydrogens is 538 g/mol. The topological polar surface area (TPSA) is 165 Å². The minimum absolute atomic E-state index is 0.0187. The van der Waals surface area contributed by atoms with Gasteiger partial charge in [-0.2, -0.15) is 0 Å². The molecule has 1 aromatic rings. The number of nitrogens with zero attached hydrogens (tertiary/aromatic N) is 2. The van der Waals surface area contributed by atoms with Gasteiger partial charge in [-0.05, 0) is 81.6 Å². The first-order valence-electron chi connectivity index (χ1n) is 13.8. The standard InChI is InChI=1S/C29H34ClN3O7/c1-32(2)23-17-8-13-7-16-20(18(34)9-14(22(16)30)11-33(15-5-6-15)10-12-3-4-12)24(35)19(13)26(37)29(17,40)27(38)21(25(23)36)28(31)39/h9,12-13,15,17,23,34-35,38,40H,3-8,10-11H2,1-2H3,(H2,31,39)/t13-,17-,23-,29?/m0/s1. The summed E-state index contributed by atoms with van der Waals surface area (Å²) in [6, 6.07) is 0.901. The fraction of sp³-hybridized carbons (Fsp3) is 0.552. The van der Waals surface area contributed by atoms with Crippen molar-refractivity contribution in [3.63, 3.8) is 0 Å². The largest absolute Gasteiger partial charge is 0.508 e. The first kappa shape index (κ1) is 27.3. The summed E-state index contributed by atoms with van der Waals surface area (Å²) in [7, 11) is 3.14. The Morgan fingerprint density at radius 3 is 2.40 bits per heavy atom. The van der Waals surface area contributed by atoms with Crippen LogP contribution in [0.4, 0.5) is 0 Å². The molecule has 4 atom stereocenters. The molecule has 0 radical (unpaired) electrons. The SMILES string of the molecule is CN(C)[C@@H]1C(=O)C(C(N)=O)=C(O)C2(O)C(=O)C3=C(O)c4c(O)cc(CN(CC5CC5)C5CC5)c(Cl)c4C[C@H]3C[C@@H]12. The molecule has 6 N–H and O–H groups in total. The van der Waals surface area contributed by atoms with E-state index in [4.69, 9.17) is 17.3 Å². The molecule has 214 valence electrons. The van der Waals surface area contributed by atoms with Crippen molar-refractivity contribution < 1.29 is 34.8 Å². The lowest BCUT2D eigenvalue weighted by molar-refractivity contribution is -0.153. The number of aliphatic hydroxyl groups is 3. The normalized spacial score (nSPS) is 30.1. The third-order valence-electron chi connectivity index (χ3n) is 9.36. The molecule has 0 aromatic heterocycles. The van der Waals surface area contributed by atoms with Crippen LogP contribution in [-0.4, -0.2) is 86.0 Å². The van der Waals surface area contributed by atoms with E-state index < -0.39 is 58.0 Å². The molecule has 1 unspecified atom stereocenters. The number of carbonyl (C=O) groups excluding carboxylic acids is 3. The van der Waals surface area contributed by atoms with Gasteiger partial charge in [-0.1, -0.05) is 11.6 Å². The molecule has 11 heteroatoms. The van der Waals surface area contributed by atoms with E-state index in [1.165, 1.54) is 23.8 Å². The number of likely N-dealkylation sites (N-methyl/N-ethyl adjacent to an activating group) is 1. The van der Waals surface area contributed by atoms with Gasteiger partial charge in [0.2, 0.25) is 5.78 Å². The van der Waals surface area contributed by atoms with E-state index in [1.807, 2.05) is 0 Å². The Morgan fingerprint density at radius 1 is 1.15 bits per heavy atom. The maximum absolute atomic E-state index is 13.9. The van der Waals surface area contributed by atoms with Crippen LogP contribution in [0.1, 0.15) is 48.8 Å². The molecule has 0 bridgehead atoms. The smallest absolute Gasteiger partial charge is 0.255 e. The lowest BCUT2D eigenvalue weighted by atomic mass is 9.57. The van der Waals surface area contributed by atoms with Gasteiger partial charge in [0.05, 0.1) is 11.6 Å². The predicted molar refractivity (Wildman–Crippen MR) is 145 cm³/mol.